The SMILES string of the molecule is CCCCCCCCCCCCSCC(O)O. The van der Waals surface area contributed by atoms with E-state index in [2.05, 4.69) is 6.92 Å². The summed E-state index contributed by atoms with van der Waals surface area (Å²) in [6, 6.07) is 0. The van der Waals surface area contributed by atoms with Gasteiger partial charge >= 0.3 is 0 Å². The van der Waals surface area contributed by atoms with Crippen molar-refractivity contribution in [2.45, 2.75) is 77.4 Å². The van der Waals surface area contributed by atoms with E-state index in [1.165, 1.54) is 64.2 Å². The van der Waals surface area contributed by atoms with Gasteiger partial charge in [-0.05, 0) is 12.2 Å². The molecule has 0 fully saturated rings. The maximum Gasteiger partial charge on any atom is 0.160 e. The van der Waals surface area contributed by atoms with E-state index in [9.17, 15) is 0 Å². The summed E-state index contributed by atoms with van der Waals surface area (Å²) in [4.78, 5) is 0. The number of hydrogen-bond acceptors (Lipinski definition) is 3. The fourth-order valence-electron chi connectivity index (χ4n) is 1.88. The Morgan fingerprint density at radius 1 is 0.765 bits per heavy atom. The van der Waals surface area contributed by atoms with Crippen LogP contribution in [0.1, 0.15) is 71.1 Å². The summed E-state index contributed by atoms with van der Waals surface area (Å²) in [6.07, 6.45) is 12.5. The first-order valence-electron chi connectivity index (χ1n) is 7.21. The first-order valence-corrected chi connectivity index (χ1v) is 8.36. The standard InChI is InChI=1S/C14H30O2S/c1-2-3-4-5-6-7-8-9-10-11-12-17-13-14(15)16/h14-16H,2-13H2,1H3. The molecular formula is C14H30O2S. The highest BCUT2D eigenvalue weighted by atomic mass is 32.2. The van der Waals surface area contributed by atoms with Crippen LogP contribution in [0, 0.1) is 0 Å². The molecule has 0 atom stereocenters. The molecule has 0 amide bonds. The van der Waals surface area contributed by atoms with Crippen LogP contribution in [0.4, 0.5) is 0 Å². The number of rotatable bonds is 13. The number of unbranched alkanes of at least 4 members (excludes halogenated alkanes) is 9. The maximum absolute atomic E-state index is 8.65. The predicted molar refractivity (Wildman–Crippen MR) is 77.4 cm³/mol. The summed E-state index contributed by atoms with van der Waals surface area (Å²) in [5.41, 5.74) is 0. The molecule has 0 aliphatic carbocycles. The Morgan fingerprint density at radius 2 is 1.24 bits per heavy atom. The van der Waals surface area contributed by atoms with Crippen molar-refractivity contribution in [3.05, 3.63) is 0 Å². The van der Waals surface area contributed by atoms with Crippen LogP contribution in [0.15, 0.2) is 0 Å². The van der Waals surface area contributed by atoms with Crippen molar-refractivity contribution >= 4 is 11.8 Å². The van der Waals surface area contributed by atoms with Crippen molar-refractivity contribution in [3.63, 3.8) is 0 Å². The Hall–Kier alpha value is 0.270. The minimum atomic E-state index is -1.14. The Bertz CT molecular complexity index is 140. The van der Waals surface area contributed by atoms with Gasteiger partial charge in [-0.1, -0.05) is 64.7 Å². The number of aliphatic hydroxyl groups excluding tert-OH is 1. The summed E-state index contributed by atoms with van der Waals surface area (Å²) < 4.78 is 0. The maximum atomic E-state index is 8.65. The zero-order valence-electron chi connectivity index (χ0n) is 11.4. The van der Waals surface area contributed by atoms with Gasteiger partial charge < -0.3 is 10.2 Å². The van der Waals surface area contributed by atoms with E-state index in [0.29, 0.717) is 5.75 Å². The summed E-state index contributed by atoms with van der Waals surface area (Å²) in [5, 5.41) is 17.3. The first kappa shape index (κ1) is 17.3. The van der Waals surface area contributed by atoms with Crippen LogP contribution in [0.25, 0.3) is 0 Å². The monoisotopic (exact) mass is 262 g/mol. The lowest BCUT2D eigenvalue weighted by Gasteiger charge is -2.04. The van der Waals surface area contributed by atoms with Crippen LogP contribution in [0.3, 0.4) is 0 Å². The van der Waals surface area contributed by atoms with E-state index in [1.54, 1.807) is 11.8 Å². The van der Waals surface area contributed by atoms with E-state index < -0.39 is 6.29 Å². The third-order valence-electron chi connectivity index (χ3n) is 2.91. The van der Waals surface area contributed by atoms with E-state index >= 15 is 0 Å². The van der Waals surface area contributed by atoms with E-state index in [0.717, 1.165) is 5.75 Å². The second-order valence-electron chi connectivity index (χ2n) is 4.74. The number of aliphatic hydroxyl groups is 2. The van der Waals surface area contributed by atoms with Gasteiger partial charge in [0.05, 0.1) is 0 Å². The van der Waals surface area contributed by atoms with Gasteiger partial charge in [0, 0.05) is 5.75 Å². The lowest BCUT2D eigenvalue weighted by atomic mass is 10.1. The van der Waals surface area contributed by atoms with Crippen LogP contribution in [-0.4, -0.2) is 28.0 Å². The topological polar surface area (TPSA) is 40.5 Å². The third-order valence-corrected chi connectivity index (χ3v) is 4.02. The fraction of sp³-hybridized carbons (Fsp3) is 1.00. The van der Waals surface area contributed by atoms with Crippen molar-refractivity contribution in [3.8, 4) is 0 Å². The molecule has 0 aliphatic rings. The van der Waals surface area contributed by atoms with Crippen LogP contribution in [0.2, 0.25) is 0 Å². The molecule has 0 spiro atoms. The Labute approximate surface area is 111 Å². The fourth-order valence-corrected chi connectivity index (χ4v) is 2.67. The molecule has 0 bridgehead atoms. The highest BCUT2D eigenvalue weighted by Gasteiger charge is 1.97. The van der Waals surface area contributed by atoms with Crippen LogP contribution in [0.5, 0.6) is 0 Å². The quantitative estimate of drug-likeness (QED) is 0.390. The van der Waals surface area contributed by atoms with Gasteiger partial charge in [-0.2, -0.15) is 11.8 Å². The van der Waals surface area contributed by atoms with Crippen LogP contribution >= 0.6 is 11.8 Å². The summed E-state index contributed by atoms with van der Waals surface area (Å²) in [6.45, 7) is 2.26. The molecule has 0 aromatic rings. The van der Waals surface area contributed by atoms with Crippen molar-refractivity contribution in [1.29, 1.82) is 0 Å². The molecule has 0 radical (unpaired) electrons. The smallest absolute Gasteiger partial charge is 0.160 e. The molecule has 3 heteroatoms. The molecule has 0 aliphatic heterocycles. The zero-order valence-corrected chi connectivity index (χ0v) is 12.2. The summed E-state index contributed by atoms with van der Waals surface area (Å²) in [7, 11) is 0. The highest BCUT2D eigenvalue weighted by molar-refractivity contribution is 7.99. The lowest BCUT2D eigenvalue weighted by Crippen LogP contribution is -2.07. The molecular weight excluding hydrogens is 232 g/mol. The van der Waals surface area contributed by atoms with E-state index in [-0.39, 0.29) is 0 Å². The molecule has 0 unspecified atom stereocenters. The summed E-state index contributed by atoms with van der Waals surface area (Å²) >= 11 is 1.64. The average Bonchev–Trinajstić information content (AvgIpc) is 2.30. The second kappa shape index (κ2) is 14.3. The molecule has 0 rings (SSSR count). The van der Waals surface area contributed by atoms with Crippen molar-refractivity contribution in [1.82, 2.24) is 0 Å². The molecule has 0 aromatic heterocycles. The van der Waals surface area contributed by atoms with Gasteiger partial charge in [0.25, 0.3) is 0 Å². The lowest BCUT2D eigenvalue weighted by molar-refractivity contribution is -0.0186. The predicted octanol–water partition coefficient (Wildman–Crippen LogP) is 3.95. The van der Waals surface area contributed by atoms with E-state index in [4.69, 9.17) is 10.2 Å². The summed E-state index contributed by atoms with van der Waals surface area (Å²) in [5.74, 6) is 1.52. The Kier molecular flexibility index (Phi) is 14.6. The highest BCUT2D eigenvalue weighted by Crippen LogP contribution is 2.12. The third kappa shape index (κ3) is 16.3. The first-order chi connectivity index (χ1) is 8.27. The molecule has 0 saturated heterocycles. The number of hydrogen-bond donors (Lipinski definition) is 2. The minimum absolute atomic E-state index is 0.456. The second-order valence-corrected chi connectivity index (χ2v) is 5.89. The van der Waals surface area contributed by atoms with Crippen molar-refractivity contribution in [2.75, 3.05) is 11.5 Å². The van der Waals surface area contributed by atoms with Crippen LogP contribution < -0.4 is 0 Å². The molecule has 104 valence electrons. The van der Waals surface area contributed by atoms with Gasteiger partial charge in [0.1, 0.15) is 0 Å². The van der Waals surface area contributed by atoms with Crippen molar-refractivity contribution < 1.29 is 10.2 Å². The molecule has 0 saturated carbocycles. The van der Waals surface area contributed by atoms with E-state index in [1.807, 2.05) is 0 Å². The van der Waals surface area contributed by atoms with Gasteiger partial charge in [0.2, 0.25) is 0 Å². The minimum Gasteiger partial charge on any atom is -0.367 e. The molecule has 0 aromatic carbocycles. The van der Waals surface area contributed by atoms with Crippen LogP contribution in [-0.2, 0) is 0 Å². The molecule has 2 nitrogen and oxygen atoms in total. The zero-order chi connectivity index (χ0) is 12.8. The van der Waals surface area contributed by atoms with Crippen molar-refractivity contribution in [2.24, 2.45) is 0 Å². The normalized spacial score (nSPS) is 11.3. The van der Waals surface area contributed by atoms with Gasteiger partial charge in [0.15, 0.2) is 6.29 Å². The average molecular weight is 262 g/mol. The molecule has 17 heavy (non-hydrogen) atoms. The van der Waals surface area contributed by atoms with Gasteiger partial charge in [-0.25, -0.2) is 0 Å². The number of thioether (sulfide) groups is 1. The van der Waals surface area contributed by atoms with Gasteiger partial charge in [-0.3, -0.25) is 0 Å². The van der Waals surface area contributed by atoms with Gasteiger partial charge in [-0.15, -0.1) is 0 Å². The largest absolute Gasteiger partial charge is 0.367 e. The molecule has 0 heterocycles. The Balaban J connectivity index is 2.89. The Morgan fingerprint density at radius 3 is 1.71 bits per heavy atom. The molecule has 2 N–H and O–H groups in total.